The van der Waals surface area contributed by atoms with Crippen LogP contribution < -0.4 is 5.32 Å². The summed E-state index contributed by atoms with van der Waals surface area (Å²) in [7, 11) is 0. The predicted octanol–water partition coefficient (Wildman–Crippen LogP) is 4.20. The summed E-state index contributed by atoms with van der Waals surface area (Å²) < 4.78 is 2.00. The molecule has 3 nitrogen and oxygen atoms in total. The third kappa shape index (κ3) is 3.13. The highest BCUT2D eigenvalue weighted by Gasteiger charge is 2.29. The normalized spacial score (nSPS) is 24.3. The number of pyridine rings is 1. The monoisotopic (exact) mass is 285 g/mol. The molecule has 0 amide bonds. The first-order valence-corrected chi connectivity index (χ1v) is 8.45. The molecule has 2 aromatic heterocycles. The summed E-state index contributed by atoms with van der Waals surface area (Å²) in [5.74, 6) is 1.60. The van der Waals surface area contributed by atoms with E-state index in [9.17, 15) is 0 Å². The van der Waals surface area contributed by atoms with Gasteiger partial charge in [-0.2, -0.15) is 5.10 Å². The second-order valence-electron chi connectivity index (χ2n) is 6.59. The molecule has 21 heavy (non-hydrogen) atoms. The molecule has 3 atom stereocenters. The van der Waals surface area contributed by atoms with Gasteiger partial charge in [-0.3, -0.25) is 0 Å². The predicted molar refractivity (Wildman–Crippen MR) is 87.3 cm³/mol. The van der Waals surface area contributed by atoms with Gasteiger partial charge >= 0.3 is 0 Å². The molecular weight excluding hydrogens is 258 g/mol. The molecule has 3 heteroatoms. The Morgan fingerprint density at radius 2 is 2.29 bits per heavy atom. The van der Waals surface area contributed by atoms with Crippen LogP contribution in [0.2, 0.25) is 0 Å². The highest BCUT2D eigenvalue weighted by Crippen LogP contribution is 2.38. The third-order valence-corrected chi connectivity index (χ3v) is 4.85. The average Bonchev–Trinajstić information content (AvgIpc) is 2.92. The zero-order valence-corrected chi connectivity index (χ0v) is 13.3. The van der Waals surface area contributed by atoms with Crippen LogP contribution in [0.4, 0.5) is 0 Å². The lowest BCUT2D eigenvalue weighted by Gasteiger charge is -2.33. The summed E-state index contributed by atoms with van der Waals surface area (Å²) in [4.78, 5) is 0. The van der Waals surface area contributed by atoms with Crippen molar-refractivity contribution in [1.29, 1.82) is 0 Å². The molecule has 0 aromatic carbocycles. The highest BCUT2D eigenvalue weighted by atomic mass is 15.2. The van der Waals surface area contributed by atoms with E-state index in [0.717, 1.165) is 18.4 Å². The van der Waals surface area contributed by atoms with Gasteiger partial charge in [0.2, 0.25) is 0 Å². The second kappa shape index (κ2) is 6.61. The number of aromatic nitrogens is 2. The number of rotatable bonds is 5. The van der Waals surface area contributed by atoms with Crippen LogP contribution in [0.15, 0.2) is 30.6 Å². The Balaban J connectivity index is 1.90. The lowest BCUT2D eigenvalue weighted by atomic mass is 9.77. The van der Waals surface area contributed by atoms with Gasteiger partial charge in [0.1, 0.15) is 0 Å². The van der Waals surface area contributed by atoms with Crippen LogP contribution in [-0.4, -0.2) is 16.2 Å². The Bertz CT molecular complexity index is 575. The summed E-state index contributed by atoms with van der Waals surface area (Å²) in [6.45, 7) is 5.72. The van der Waals surface area contributed by atoms with Crippen LogP contribution >= 0.6 is 0 Å². The van der Waals surface area contributed by atoms with Gasteiger partial charge in [0.05, 0.1) is 11.7 Å². The van der Waals surface area contributed by atoms with Crippen LogP contribution in [0.1, 0.15) is 57.6 Å². The molecule has 3 unspecified atom stereocenters. The summed E-state index contributed by atoms with van der Waals surface area (Å²) in [6, 6.07) is 6.80. The molecule has 1 saturated carbocycles. The molecule has 2 aromatic rings. The van der Waals surface area contributed by atoms with E-state index in [4.69, 9.17) is 0 Å². The maximum atomic E-state index is 4.54. The van der Waals surface area contributed by atoms with Crippen LogP contribution in [0, 0.1) is 11.8 Å². The van der Waals surface area contributed by atoms with Crippen molar-refractivity contribution in [3.05, 3.63) is 36.2 Å². The molecule has 1 aliphatic carbocycles. The number of hydrogen-bond acceptors (Lipinski definition) is 2. The molecule has 0 spiro atoms. The van der Waals surface area contributed by atoms with Crippen LogP contribution in [0.3, 0.4) is 0 Å². The van der Waals surface area contributed by atoms with E-state index >= 15 is 0 Å². The Labute approximate surface area is 127 Å². The molecule has 1 fully saturated rings. The molecular formula is C18H27N3. The third-order valence-electron chi connectivity index (χ3n) is 4.85. The summed E-state index contributed by atoms with van der Waals surface area (Å²) in [6.07, 6.45) is 10.7. The van der Waals surface area contributed by atoms with Crippen molar-refractivity contribution in [1.82, 2.24) is 14.9 Å². The topological polar surface area (TPSA) is 29.3 Å². The van der Waals surface area contributed by atoms with E-state index in [1.54, 1.807) is 0 Å². The lowest BCUT2D eigenvalue weighted by Crippen LogP contribution is -2.31. The van der Waals surface area contributed by atoms with Gasteiger partial charge in [-0.25, -0.2) is 4.52 Å². The molecule has 1 aliphatic rings. The molecule has 3 rings (SSSR count). The molecule has 0 radical (unpaired) electrons. The van der Waals surface area contributed by atoms with E-state index in [-0.39, 0.29) is 0 Å². The van der Waals surface area contributed by atoms with Crippen molar-refractivity contribution in [3.63, 3.8) is 0 Å². The summed E-state index contributed by atoms with van der Waals surface area (Å²) in [5.41, 5.74) is 2.63. The van der Waals surface area contributed by atoms with Crippen molar-refractivity contribution < 1.29 is 0 Å². The zero-order chi connectivity index (χ0) is 14.7. The fourth-order valence-corrected chi connectivity index (χ4v) is 3.81. The summed E-state index contributed by atoms with van der Waals surface area (Å²) in [5, 5.41) is 8.34. The Hall–Kier alpha value is -1.35. The lowest BCUT2D eigenvalue weighted by molar-refractivity contribution is 0.224. The van der Waals surface area contributed by atoms with Gasteiger partial charge in [0.15, 0.2) is 0 Å². The van der Waals surface area contributed by atoms with E-state index < -0.39 is 0 Å². The Kier molecular flexibility index (Phi) is 4.59. The average molecular weight is 285 g/mol. The zero-order valence-electron chi connectivity index (χ0n) is 13.3. The first-order valence-electron chi connectivity index (χ1n) is 8.45. The van der Waals surface area contributed by atoms with Crippen molar-refractivity contribution >= 4 is 5.52 Å². The standard InChI is InChI=1S/C18H27N3/c1-3-10-19-18(15-8-6-7-14(2)12-15)16-13-20-21-11-5-4-9-17(16)21/h4-5,9,11,13-15,18-19H,3,6-8,10,12H2,1-2H3. The molecule has 2 heterocycles. The van der Waals surface area contributed by atoms with Gasteiger partial charge < -0.3 is 5.32 Å². The Morgan fingerprint density at radius 1 is 1.38 bits per heavy atom. The van der Waals surface area contributed by atoms with Crippen LogP contribution in [0.5, 0.6) is 0 Å². The first-order chi connectivity index (χ1) is 10.3. The molecule has 0 saturated heterocycles. The maximum Gasteiger partial charge on any atom is 0.0709 e. The fraction of sp³-hybridized carbons (Fsp3) is 0.611. The van der Waals surface area contributed by atoms with E-state index in [1.165, 1.54) is 43.2 Å². The minimum absolute atomic E-state index is 0.451. The van der Waals surface area contributed by atoms with Crippen molar-refractivity contribution in [3.8, 4) is 0 Å². The molecule has 0 bridgehead atoms. The van der Waals surface area contributed by atoms with Gasteiger partial charge in [0.25, 0.3) is 0 Å². The van der Waals surface area contributed by atoms with Gasteiger partial charge in [-0.15, -0.1) is 0 Å². The number of fused-ring (bicyclic) bond motifs is 1. The minimum Gasteiger partial charge on any atom is -0.310 e. The number of nitrogens with one attached hydrogen (secondary N) is 1. The Morgan fingerprint density at radius 3 is 3.10 bits per heavy atom. The molecule has 0 aliphatic heterocycles. The maximum absolute atomic E-state index is 4.54. The molecule has 114 valence electrons. The van der Waals surface area contributed by atoms with Crippen LogP contribution in [0.25, 0.3) is 5.52 Å². The minimum atomic E-state index is 0.451. The van der Waals surface area contributed by atoms with E-state index in [2.05, 4.69) is 42.6 Å². The van der Waals surface area contributed by atoms with Crippen molar-refractivity contribution in [2.75, 3.05) is 6.54 Å². The largest absolute Gasteiger partial charge is 0.310 e. The van der Waals surface area contributed by atoms with Gasteiger partial charge in [-0.05, 0) is 49.8 Å². The molecule has 1 N–H and O–H groups in total. The van der Waals surface area contributed by atoms with Crippen molar-refractivity contribution in [2.45, 2.75) is 52.0 Å². The second-order valence-corrected chi connectivity index (χ2v) is 6.59. The quantitative estimate of drug-likeness (QED) is 0.892. The number of hydrogen-bond donors (Lipinski definition) is 1. The van der Waals surface area contributed by atoms with E-state index in [1.807, 2.05) is 16.8 Å². The highest BCUT2D eigenvalue weighted by molar-refractivity contribution is 5.55. The first kappa shape index (κ1) is 14.6. The van der Waals surface area contributed by atoms with Crippen LogP contribution in [-0.2, 0) is 0 Å². The summed E-state index contributed by atoms with van der Waals surface area (Å²) >= 11 is 0. The van der Waals surface area contributed by atoms with Gasteiger partial charge in [-0.1, -0.05) is 32.8 Å². The fourth-order valence-electron chi connectivity index (χ4n) is 3.81. The van der Waals surface area contributed by atoms with E-state index in [0.29, 0.717) is 6.04 Å². The number of nitrogens with zero attached hydrogens (tertiary/aromatic N) is 2. The SMILES string of the molecule is CCCNC(c1cnn2ccccc12)C1CCCC(C)C1. The smallest absolute Gasteiger partial charge is 0.0709 e. The van der Waals surface area contributed by atoms with Crippen molar-refractivity contribution in [2.24, 2.45) is 11.8 Å². The van der Waals surface area contributed by atoms with Gasteiger partial charge in [0, 0.05) is 17.8 Å².